The highest BCUT2D eigenvalue weighted by Crippen LogP contribution is 2.48. The number of hydrazone groups is 1. The Morgan fingerprint density at radius 1 is 1.27 bits per heavy atom. The molecule has 1 fully saturated rings. The van der Waals surface area contributed by atoms with Gasteiger partial charge in [-0.2, -0.15) is 5.10 Å². The van der Waals surface area contributed by atoms with E-state index >= 15 is 0 Å². The number of nitrogens with one attached hydrogen (secondary N) is 1. The second kappa shape index (κ2) is 6.84. The number of benzene rings is 2. The quantitative estimate of drug-likeness (QED) is 0.423. The van der Waals surface area contributed by atoms with Crippen LogP contribution in [0, 0.1) is 5.92 Å². The fourth-order valence-corrected chi connectivity index (χ4v) is 3.17. The molecule has 3 aromatic rings. The van der Waals surface area contributed by atoms with Crippen LogP contribution in [0.25, 0.3) is 5.69 Å². The molecule has 26 heavy (non-hydrogen) atoms. The van der Waals surface area contributed by atoms with E-state index < -0.39 is 0 Å². The van der Waals surface area contributed by atoms with E-state index in [-0.39, 0.29) is 17.7 Å². The average Bonchev–Trinajstić information content (AvgIpc) is 3.29. The standard InChI is InChI=1S/C20H19N5O/c21-23-12-14-2-1-3-15(10-14)18-11-19(18)20(26)24-16-4-6-17(7-5-16)25-9-8-22-13-25/h1-10,12-13,18-19H,11,21H2,(H,24,26)/t18-,19-/m1/s1. The predicted octanol–water partition coefficient (Wildman–Crippen LogP) is 2.91. The molecule has 1 amide bonds. The van der Waals surface area contributed by atoms with Crippen molar-refractivity contribution in [1.29, 1.82) is 0 Å². The third-order valence-electron chi connectivity index (χ3n) is 4.63. The first-order valence-corrected chi connectivity index (χ1v) is 8.47. The zero-order valence-corrected chi connectivity index (χ0v) is 14.1. The molecule has 6 nitrogen and oxygen atoms in total. The summed E-state index contributed by atoms with van der Waals surface area (Å²) >= 11 is 0. The fourth-order valence-electron chi connectivity index (χ4n) is 3.17. The number of nitrogens with zero attached hydrogens (tertiary/aromatic N) is 3. The minimum Gasteiger partial charge on any atom is -0.326 e. The highest BCUT2D eigenvalue weighted by Gasteiger charge is 2.43. The number of aromatic nitrogens is 2. The number of hydrogen-bond donors (Lipinski definition) is 2. The van der Waals surface area contributed by atoms with Crippen molar-refractivity contribution in [3.05, 3.63) is 78.4 Å². The molecule has 130 valence electrons. The van der Waals surface area contributed by atoms with E-state index in [1.807, 2.05) is 59.3 Å². The molecule has 1 heterocycles. The van der Waals surface area contributed by atoms with Crippen molar-refractivity contribution in [3.8, 4) is 5.69 Å². The highest BCUT2D eigenvalue weighted by molar-refractivity contribution is 5.95. The van der Waals surface area contributed by atoms with Crippen LogP contribution in [0.4, 0.5) is 5.69 Å². The molecule has 0 radical (unpaired) electrons. The zero-order chi connectivity index (χ0) is 17.9. The van der Waals surface area contributed by atoms with Gasteiger partial charge in [0.25, 0.3) is 0 Å². The first-order valence-electron chi connectivity index (χ1n) is 8.47. The predicted molar refractivity (Wildman–Crippen MR) is 101 cm³/mol. The number of nitrogens with two attached hydrogens (primary N) is 1. The van der Waals surface area contributed by atoms with Crippen LogP contribution < -0.4 is 11.2 Å². The molecule has 1 saturated carbocycles. The minimum absolute atomic E-state index is 0.00777. The Hall–Kier alpha value is -3.41. The Morgan fingerprint density at radius 3 is 2.85 bits per heavy atom. The molecule has 0 spiro atoms. The monoisotopic (exact) mass is 345 g/mol. The molecule has 2 aromatic carbocycles. The summed E-state index contributed by atoms with van der Waals surface area (Å²) < 4.78 is 1.92. The van der Waals surface area contributed by atoms with Gasteiger partial charge in [0.2, 0.25) is 5.91 Å². The second-order valence-electron chi connectivity index (χ2n) is 6.40. The number of imidazole rings is 1. The van der Waals surface area contributed by atoms with E-state index in [1.165, 1.54) is 0 Å². The van der Waals surface area contributed by atoms with Crippen molar-refractivity contribution in [2.45, 2.75) is 12.3 Å². The number of rotatable bonds is 5. The number of anilines is 1. The van der Waals surface area contributed by atoms with Gasteiger partial charge in [-0.15, -0.1) is 0 Å². The van der Waals surface area contributed by atoms with Crippen LogP contribution >= 0.6 is 0 Å². The van der Waals surface area contributed by atoms with Gasteiger partial charge in [0, 0.05) is 29.7 Å². The Balaban J connectivity index is 1.39. The molecule has 1 aliphatic carbocycles. The largest absolute Gasteiger partial charge is 0.326 e. The summed E-state index contributed by atoms with van der Waals surface area (Å²) in [5, 5.41) is 6.56. The number of carbonyl (C=O) groups is 1. The number of amides is 1. The van der Waals surface area contributed by atoms with Gasteiger partial charge < -0.3 is 15.7 Å². The van der Waals surface area contributed by atoms with Gasteiger partial charge in [-0.25, -0.2) is 4.98 Å². The Morgan fingerprint density at radius 2 is 2.12 bits per heavy atom. The first-order chi connectivity index (χ1) is 12.7. The van der Waals surface area contributed by atoms with E-state index in [1.54, 1.807) is 18.7 Å². The van der Waals surface area contributed by atoms with Gasteiger partial charge in [0.05, 0.1) is 12.5 Å². The maximum atomic E-state index is 12.5. The summed E-state index contributed by atoms with van der Waals surface area (Å²) in [7, 11) is 0. The summed E-state index contributed by atoms with van der Waals surface area (Å²) in [6.07, 6.45) is 7.83. The van der Waals surface area contributed by atoms with E-state index in [4.69, 9.17) is 5.84 Å². The highest BCUT2D eigenvalue weighted by atomic mass is 16.2. The lowest BCUT2D eigenvalue weighted by Crippen LogP contribution is -2.14. The lowest BCUT2D eigenvalue weighted by atomic mass is 10.1. The van der Waals surface area contributed by atoms with Crippen molar-refractivity contribution < 1.29 is 4.79 Å². The molecule has 0 bridgehead atoms. The second-order valence-corrected chi connectivity index (χ2v) is 6.40. The minimum atomic E-state index is 0.00777. The summed E-state index contributed by atoms with van der Waals surface area (Å²) in [5.74, 6) is 5.53. The van der Waals surface area contributed by atoms with Crippen LogP contribution in [0.15, 0.2) is 72.4 Å². The Labute approximate surface area is 151 Å². The lowest BCUT2D eigenvalue weighted by Gasteiger charge is -2.07. The zero-order valence-electron chi connectivity index (χ0n) is 14.1. The van der Waals surface area contributed by atoms with Gasteiger partial charge in [-0.05, 0) is 53.8 Å². The van der Waals surface area contributed by atoms with Crippen LogP contribution in [0.3, 0.4) is 0 Å². The van der Waals surface area contributed by atoms with Crippen molar-refractivity contribution >= 4 is 17.8 Å². The molecule has 6 heteroatoms. The molecule has 0 unspecified atom stereocenters. The lowest BCUT2D eigenvalue weighted by molar-refractivity contribution is -0.117. The van der Waals surface area contributed by atoms with E-state index in [0.29, 0.717) is 0 Å². The molecule has 1 aliphatic rings. The van der Waals surface area contributed by atoms with Gasteiger partial charge in [-0.1, -0.05) is 18.2 Å². The van der Waals surface area contributed by atoms with Crippen molar-refractivity contribution in [2.75, 3.05) is 5.32 Å². The van der Waals surface area contributed by atoms with Crippen molar-refractivity contribution in [1.82, 2.24) is 9.55 Å². The Bertz CT molecular complexity index is 931. The SMILES string of the molecule is NN=Cc1cccc([C@H]2C[C@H]2C(=O)Nc2ccc(-n3ccnc3)cc2)c1. The van der Waals surface area contributed by atoms with Crippen molar-refractivity contribution in [3.63, 3.8) is 0 Å². The molecule has 0 saturated heterocycles. The maximum absolute atomic E-state index is 12.5. The molecular formula is C20H19N5O. The maximum Gasteiger partial charge on any atom is 0.228 e. The fraction of sp³-hybridized carbons (Fsp3) is 0.150. The van der Waals surface area contributed by atoms with Crippen LogP contribution in [0.2, 0.25) is 0 Å². The molecule has 0 aliphatic heterocycles. The van der Waals surface area contributed by atoms with Gasteiger partial charge in [0.15, 0.2) is 0 Å². The number of carbonyl (C=O) groups excluding carboxylic acids is 1. The average molecular weight is 345 g/mol. The summed E-state index contributed by atoms with van der Waals surface area (Å²) in [6, 6.07) is 15.7. The summed E-state index contributed by atoms with van der Waals surface area (Å²) in [4.78, 5) is 16.5. The van der Waals surface area contributed by atoms with E-state index in [2.05, 4.69) is 15.4 Å². The van der Waals surface area contributed by atoms with E-state index in [9.17, 15) is 4.79 Å². The number of hydrogen-bond acceptors (Lipinski definition) is 4. The summed E-state index contributed by atoms with van der Waals surface area (Å²) in [5.41, 5.74) is 3.90. The van der Waals surface area contributed by atoms with Crippen molar-refractivity contribution in [2.24, 2.45) is 16.9 Å². The smallest absolute Gasteiger partial charge is 0.228 e. The molecule has 3 N–H and O–H groups in total. The van der Waals surface area contributed by atoms with Crippen LogP contribution in [-0.4, -0.2) is 21.7 Å². The van der Waals surface area contributed by atoms with Gasteiger partial charge >= 0.3 is 0 Å². The third kappa shape index (κ3) is 3.35. The van der Waals surface area contributed by atoms with Gasteiger partial charge in [-0.3, -0.25) is 4.79 Å². The first kappa shape index (κ1) is 16.1. The normalized spacial score (nSPS) is 18.8. The van der Waals surface area contributed by atoms with Gasteiger partial charge in [0.1, 0.15) is 0 Å². The molecular weight excluding hydrogens is 326 g/mol. The Kier molecular flexibility index (Phi) is 4.23. The van der Waals surface area contributed by atoms with Crippen LogP contribution in [0.5, 0.6) is 0 Å². The molecule has 1 aromatic heterocycles. The summed E-state index contributed by atoms with van der Waals surface area (Å²) in [6.45, 7) is 0. The molecule has 2 atom stereocenters. The third-order valence-corrected chi connectivity index (χ3v) is 4.63. The van der Waals surface area contributed by atoms with Crippen LogP contribution in [0.1, 0.15) is 23.5 Å². The molecule has 4 rings (SSSR count). The van der Waals surface area contributed by atoms with E-state index in [0.717, 1.165) is 28.9 Å². The topological polar surface area (TPSA) is 85.3 Å². The van der Waals surface area contributed by atoms with Crippen LogP contribution in [-0.2, 0) is 4.79 Å².